The highest BCUT2D eigenvalue weighted by Crippen LogP contribution is 2.40. The lowest BCUT2D eigenvalue weighted by Gasteiger charge is -2.12. The fourth-order valence-corrected chi connectivity index (χ4v) is 3.07. The van der Waals surface area contributed by atoms with E-state index in [1.165, 1.54) is 12.8 Å². The molecular formula is C18H19N5O2. The van der Waals surface area contributed by atoms with Crippen molar-refractivity contribution in [1.82, 2.24) is 19.8 Å². The number of hydrogen-bond donors (Lipinski definition) is 1. The van der Waals surface area contributed by atoms with Crippen LogP contribution in [0.25, 0.3) is 5.65 Å². The second-order valence-electron chi connectivity index (χ2n) is 6.54. The summed E-state index contributed by atoms with van der Waals surface area (Å²) in [5.74, 6) is 2.21. The minimum Gasteiger partial charge on any atom is -0.490 e. The predicted molar refractivity (Wildman–Crippen MR) is 92.1 cm³/mol. The van der Waals surface area contributed by atoms with Crippen molar-refractivity contribution in [3.8, 4) is 11.5 Å². The van der Waals surface area contributed by atoms with Crippen molar-refractivity contribution < 1.29 is 9.47 Å². The van der Waals surface area contributed by atoms with Gasteiger partial charge < -0.3 is 14.8 Å². The van der Waals surface area contributed by atoms with E-state index in [2.05, 4.69) is 32.7 Å². The van der Waals surface area contributed by atoms with Gasteiger partial charge in [0.2, 0.25) is 5.65 Å². The van der Waals surface area contributed by atoms with Crippen molar-refractivity contribution in [3.63, 3.8) is 0 Å². The smallest absolute Gasteiger partial charge is 0.200 e. The average Bonchev–Trinajstić information content (AvgIpc) is 3.41. The van der Waals surface area contributed by atoms with Gasteiger partial charge in [0.1, 0.15) is 6.33 Å². The largest absolute Gasteiger partial charge is 0.490 e. The zero-order chi connectivity index (χ0) is 16.6. The van der Waals surface area contributed by atoms with E-state index >= 15 is 0 Å². The van der Waals surface area contributed by atoms with Gasteiger partial charge in [0.05, 0.1) is 24.6 Å². The molecule has 0 bridgehead atoms. The Morgan fingerprint density at radius 2 is 2.00 bits per heavy atom. The normalized spacial score (nSPS) is 16.6. The summed E-state index contributed by atoms with van der Waals surface area (Å²) in [5.41, 5.74) is 3.94. The summed E-state index contributed by atoms with van der Waals surface area (Å²) in [5, 5.41) is 16.2. The van der Waals surface area contributed by atoms with Crippen LogP contribution in [0.4, 0.5) is 5.69 Å². The molecule has 7 heteroatoms. The van der Waals surface area contributed by atoms with E-state index in [1.54, 1.807) is 10.8 Å². The second kappa shape index (κ2) is 5.91. The summed E-state index contributed by atoms with van der Waals surface area (Å²) in [7, 11) is 0. The molecular weight excluding hydrogens is 318 g/mol. The third-order valence-electron chi connectivity index (χ3n) is 4.58. The first-order chi connectivity index (χ1) is 12.4. The van der Waals surface area contributed by atoms with Crippen molar-refractivity contribution >= 4 is 11.3 Å². The van der Waals surface area contributed by atoms with Crippen LogP contribution in [0.1, 0.15) is 36.4 Å². The van der Waals surface area contributed by atoms with Gasteiger partial charge in [0.15, 0.2) is 11.5 Å². The number of rotatable bonds is 4. The number of fused-ring (bicyclic) bond motifs is 2. The highest BCUT2D eigenvalue weighted by atomic mass is 16.5. The van der Waals surface area contributed by atoms with E-state index in [1.807, 2.05) is 12.1 Å². The Kier molecular flexibility index (Phi) is 3.43. The summed E-state index contributed by atoms with van der Waals surface area (Å²) in [6.45, 7) is 2.07. The van der Waals surface area contributed by atoms with Crippen LogP contribution < -0.4 is 14.8 Å². The maximum Gasteiger partial charge on any atom is 0.200 e. The molecule has 2 aliphatic rings. The minimum atomic E-state index is 0.574. The molecule has 1 saturated carbocycles. The predicted octanol–water partition coefficient (Wildman–Crippen LogP) is 2.78. The highest BCUT2D eigenvalue weighted by molar-refractivity contribution is 5.67. The molecule has 1 aliphatic carbocycles. The standard InChI is InChI=1S/C18H19N5O2/c1-6-24-16-5-2-12(8-17(16)25-7-1)10-19-15-9-14(13-3-4-13)22-23-11-20-21-18(15)23/h2,5,8-9,11,13,19H,1,3-4,6-7,10H2. The molecule has 25 heavy (non-hydrogen) atoms. The van der Waals surface area contributed by atoms with Crippen molar-refractivity contribution in [1.29, 1.82) is 0 Å². The Morgan fingerprint density at radius 1 is 1.12 bits per heavy atom. The van der Waals surface area contributed by atoms with Gasteiger partial charge in [-0.15, -0.1) is 10.2 Å². The fraction of sp³-hybridized carbons (Fsp3) is 0.389. The average molecular weight is 337 g/mol. The number of anilines is 1. The molecule has 5 rings (SSSR count). The number of aromatic nitrogens is 4. The second-order valence-corrected chi connectivity index (χ2v) is 6.54. The zero-order valence-electron chi connectivity index (χ0n) is 13.8. The molecule has 1 aromatic carbocycles. The zero-order valence-corrected chi connectivity index (χ0v) is 13.8. The van der Waals surface area contributed by atoms with Crippen molar-refractivity contribution in [2.24, 2.45) is 0 Å². The summed E-state index contributed by atoms with van der Waals surface area (Å²) in [6.07, 6.45) is 4.98. The van der Waals surface area contributed by atoms with Gasteiger partial charge in [0, 0.05) is 18.9 Å². The van der Waals surface area contributed by atoms with Crippen LogP contribution in [0, 0.1) is 0 Å². The van der Waals surface area contributed by atoms with Gasteiger partial charge in [-0.2, -0.15) is 9.61 Å². The summed E-state index contributed by atoms with van der Waals surface area (Å²) in [4.78, 5) is 0. The fourth-order valence-electron chi connectivity index (χ4n) is 3.07. The van der Waals surface area contributed by atoms with Gasteiger partial charge in [-0.25, -0.2) is 0 Å². The molecule has 0 atom stereocenters. The summed E-state index contributed by atoms with van der Waals surface area (Å²) in [6, 6.07) is 8.18. The van der Waals surface area contributed by atoms with Gasteiger partial charge in [-0.3, -0.25) is 0 Å². The van der Waals surface area contributed by atoms with Crippen LogP contribution in [-0.4, -0.2) is 33.0 Å². The minimum absolute atomic E-state index is 0.574. The molecule has 0 radical (unpaired) electrons. The Morgan fingerprint density at radius 3 is 2.88 bits per heavy atom. The van der Waals surface area contributed by atoms with Crippen molar-refractivity contribution in [2.75, 3.05) is 18.5 Å². The first kappa shape index (κ1) is 14.5. The molecule has 1 N–H and O–H groups in total. The van der Waals surface area contributed by atoms with E-state index < -0.39 is 0 Å². The van der Waals surface area contributed by atoms with E-state index in [4.69, 9.17) is 9.47 Å². The Labute approximate surface area is 145 Å². The lowest BCUT2D eigenvalue weighted by molar-refractivity contribution is 0.297. The lowest BCUT2D eigenvalue weighted by atomic mass is 10.2. The van der Waals surface area contributed by atoms with Gasteiger partial charge in [0.25, 0.3) is 0 Å². The maximum absolute atomic E-state index is 5.77. The molecule has 128 valence electrons. The molecule has 1 fully saturated rings. The monoisotopic (exact) mass is 337 g/mol. The number of nitrogens with zero attached hydrogens (tertiary/aromatic N) is 4. The van der Waals surface area contributed by atoms with Gasteiger partial charge in [-0.05, 0) is 36.6 Å². The van der Waals surface area contributed by atoms with Crippen LogP contribution >= 0.6 is 0 Å². The van der Waals surface area contributed by atoms with Crippen molar-refractivity contribution in [3.05, 3.63) is 41.9 Å². The number of benzene rings is 1. The molecule has 0 unspecified atom stereocenters. The van der Waals surface area contributed by atoms with Crippen LogP contribution in [0.3, 0.4) is 0 Å². The molecule has 0 spiro atoms. The molecule has 0 saturated heterocycles. The number of hydrogen-bond acceptors (Lipinski definition) is 6. The topological polar surface area (TPSA) is 73.6 Å². The van der Waals surface area contributed by atoms with Crippen LogP contribution in [0.2, 0.25) is 0 Å². The van der Waals surface area contributed by atoms with E-state index in [0.29, 0.717) is 25.7 Å². The van der Waals surface area contributed by atoms with E-state index in [9.17, 15) is 0 Å². The lowest BCUT2D eigenvalue weighted by Crippen LogP contribution is -2.05. The molecule has 7 nitrogen and oxygen atoms in total. The molecule has 0 amide bonds. The first-order valence-corrected chi connectivity index (χ1v) is 8.70. The van der Waals surface area contributed by atoms with Crippen LogP contribution in [-0.2, 0) is 6.54 Å². The Balaban J connectivity index is 1.40. The maximum atomic E-state index is 5.77. The Hall–Kier alpha value is -2.83. The third-order valence-corrected chi connectivity index (χ3v) is 4.58. The molecule has 3 aromatic rings. The summed E-state index contributed by atoms with van der Waals surface area (Å²) >= 11 is 0. The van der Waals surface area contributed by atoms with Crippen molar-refractivity contribution in [2.45, 2.75) is 31.7 Å². The quantitative estimate of drug-likeness (QED) is 0.789. The van der Waals surface area contributed by atoms with Gasteiger partial charge in [-0.1, -0.05) is 6.07 Å². The third kappa shape index (κ3) is 2.86. The van der Waals surface area contributed by atoms with E-state index in [-0.39, 0.29) is 0 Å². The Bertz CT molecular complexity index is 919. The SMILES string of the molecule is c1cc2c(cc1CNc1cc(C3CC3)nn3cnnc13)OCCCO2. The first-order valence-electron chi connectivity index (χ1n) is 8.70. The van der Waals surface area contributed by atoms with Crippen LogP contribution in [0.5, 0.6) is 11.5 Å². The summed E-state index contributed by atoms with van der Waals surface area (Å²) < 4.78 is 13.2. The number of ether oxygens (including phenoxy) is 2. The highest BCUT2D eigenvalue weighted by Gasteiger charge is 2.26. The molecule has 1 aliphatic heterocycles. The van der Waals surface area contributed by atoms with Gasteiger partial charge >= 0.3 is 0 Å². The molecule has 3 heterocycles. The van der Waals surface area contributed by atoms with E-state index in [0.717, 1.165) is 40.5 Å². The molecule has 2 aromatic heterocycles. The number of nitrogens with one attached hydrogen (secondary N) is 1. The van der Waals surface area contributed by atoms with Crippen LogP contribution in [0.15, 0.2) is 30.6 Å².